The van der Waals surface area contributed by atoms with E-state index in [9.17, 15) is 4.79 Å². The molecule has 5 rings (SSSR count). The molecule has 3 aromatic heterocycles. The molecule has 0 atom stereocenters. The monoisotopic (exact) mass is 454 g/mol. The largest absolute Gasteiger partial charge is 0.340 e. The molecule has 0 bridgehead atoms. The summed E-state index contributed by atoms with van der Waals surface area (Å²) in [6.45, 7) is 2.00. The van der Waals surface area contributed by atoms with Crippen LogP contribution in [0.3, 0.4) is 0 Å². The van der Waals surface area contributed by atoms with Crippen molar-refractivity contribution >= 4 is 57.5 Å². The minimum Gasteiger partial charge on any atom is -0.340 e. The number of nitrogens with zero attached hydrogens (tertiary/aromatic N) is 5. The van der Waals surface area contributed by atoms with E-state index in [1.165, 1.54) is 6.33 Å². The number of amides is 1. The number of fused-ring (bicyclic) bond motifs is 1. The lowest BCUT2D eigenvalue weighted by Gasteiger charge is -2.10. The van der Waals surface area contributed by atoms with Gasteiger partial charge in [-0.15, -0.1) is 0 Å². The lowest BCUT2D eigenvalue weighted by Crippen LogP contribution is -2.11. The highest BCUT2D eigenvalue weighted by Crippen LogP contribution is 2.21. The second-order valence-electron chi connectivity index (χ2n) is 7.26. The first-order valence-electron chi connectivity index (χ1n) is 10.0. The van der Waals surface area contributed by atoms with Crippen molar-refractivity contribution < 1.29 is 4.79 Å². The zero-order valence-electron chi connectivity index (χ0n) is 17.5. The van der Waals surface area contributed by atoms with E-state index in [2.05, 4.69) is 39.6 Å². The Morgan fingerprint density at radius 1 is 0.758 bits per heavy atom. The number of carbonyl (C=O) groups is 1. The molecule has 33 heavy (non-hydrogen) atoms. The first kappa shape index (κ1) is 20.5. The van der Waals surface area contributed by atoms with Crippen LogP contribution >= 0.6 is 11.7 Å². The van der Waals surface area contributed by atoms with Crippen LogP contribution in [0, 0.1) is 6.92 Å². The molecule has 0 aliphatic heterocycles. The van der Waals surface area contributed by atoms with Gasteiger partial charge in [0, 0.05) is 29.2 Å². The molecule has 0 radical (unpaired) electrons. The molecule has 0 aliphatic carbocycles. The number of carbonyl (C=O) groups excluding carboxylic acids is 1. The highest BCUT2D eigenvalue weighted by molar-refractivity contribution is 7.00. The molecule has 0 unspecified atom stereocenters. The lowest BCUT2D eigenvalue weighted by molar-refractivity contribution is 0.102. The Hall–Kier alpha value is -4.44. The lowest BCUT2D eigenvalue weighted by atomic mass is 10.2. The van der Waals surface area contributed by atoms with Gasteiger partial charge in [-0.05, 0) is 67.1 Å². The number of nitrogens with one attached hydrogen (secondary N) is 3. The van der Waals surface area contributed by atoms with E-state index < -0.39 is 0 Å². The van der Waals surface area contributed by atoms with Crippen LogP contribution in [0.4, 0.5) is 28.8 Å². The van der Waals surface area contributed by atoms with E-state index >= 15 is 0 Å². The molecule has 0 spiro atoms. The summed E-state index contributed by atoms with van der Waals surface area (Å²) < 4.78 is 8.33. The molecule has 2 aromatic carbocycles. The molecule has 0 saturated carbocycles. The van der Waals surface area contributed by atoms with Crippen molar-refractivity contribution in [2.45, 2.75) is 6.92 Å². The third-order valence-corrected chi connectivity index (χ3v) is 5.33. The molecule has 3 N–H and O–H groups in total. The van der Waals surface area contributed by atoms with Crippen molar-refractivity contribution in [3.8, 4) is 0 Å². The van der Waals surface area contributed by atoms with Gasteiger partial charge >= 0.3 is 0 Å². The summed E-state index contributed by atoms with van der Waals surface area (Å²) in [5.74, 6) is 1.76. The van der Waals surface area contributed by atoms with Crippen molar-refractivity contribution in [1.29, 1.82) is 0 Å². The predicted molar refractivity (Wildman–Crippen MR) is 129 cm³/mol. The van der Waals surface area contributed by atoms with Crippen LogP contribution in [0.15, 0.2) is 73.2 Å². The third kappa shape index (κ3) is 4.91. The molecule has 9 nitrogen and oxygen atoms in total. The summed E-state index contributed by atoms with van der Waals surface area (Å²) in [4.78, 5) is 25.3. The number of hydrogen-bond acceptors (Lipinski definition) is 9. The summed E-state index contributed by atoms with van der Waals surface area (Å²) in [5.41, 5.74) is 4.63. The van der Waals surface area contributed by atoms with Gasteiger partial charge in [-0.1, -0.05) is 0 Å². The molecule has 162 valence electrons. The fraction of sp³-hybridized carbons (Fsp3) is 0.0435. The van der Waals surface area contributed by atoms with Crippen LogP contribution in [0.25, 0.3) is 11.0 Å². The van der Waals surface area contributed by atoms with Crippen LogP contribution in [-0.4, -0.2) is 29.6 Å². The Labute approximate surface area is 193 Å². The van der Waals surface area contributed by atoms with E-state index in [1.54, 1.807) is 30.5 Å². The molecule has 10 heteroatoms. The topological polar surface area (TPSA) is 118 Å². The summed E-state index contributed by atoms with van der Waals surface area (Å²) in [5, 5.41) is 9.29. The first-order chi connectivity index (χ1) is 16.1. The van der Waals surface area contributed by atoms with Crippen molar-refractivity contribution in [1.82, 2.24) is 23.7 Å². The number of hydrogen-bond donors (Lipinski definition) is 3. The minimum absolute atomic E-state index is 0.207. The summed E-state index contributed by atoms with van der Waals surface area (Å²) in [6.07, 6.45) is 3.22. The second kappa shape index (κ2) is 8.97. The van der Waals surface area contributed by atoms with Crippen molar-refractivity contribution in [2.24, 2.45) is 0 Å². The second-order valence-corrected chi connectivity index (χ2v) is 7.78. The molecule has 0 saturated heterocycles. The average molecular weight is 455 g/mol. The predicted octanol–water partition coefficient (Wildman–Crippen LogP) is 4.92. The van der Waals surface area contributed by atoms with Crippen molar-refractivity contribution in [3.63, 3.8) is 0 Å². The van der Waals surface area contributed by atoms with Crippen LogP contribution in [0.5, 0.6) is 0 Å². The number of pyridine rings is 1. The van der Waals surface area contributed by atoms with Gasteiger partial charge in [0.15, 0.2) is 0 Å². The minimum atomic E-state index is -0.207. The van der Waals surface area contributed by atoms with Gasteiger partial charge in [0.05, 0.1) is 11.7 Å². The quantitative estimate of drug-likeness (QED) is 0.331. The Bertz CT molecular complexity index is 1430. The zero-order chi connectivity index (χ0) is 22.6. The van der Waals surface area contributed by atoms with Gasteiger partial charge in [0.2, 0.25) is 0 Å². The Morgan fingerprint density at radius 3 is 2.30 bits per heavy atom. The maximum atomic E-state index is 12.6. The van der Waals surface area contributed by atoms with Gasteiger partial charge in [0.25, 0.3) is 5.91 Å². The zero-order valence-corrected chi connectivity index (χ0v) is 18.3. The van der Waals surface area contributed by atoms with Gasteiger partial charge in [-0.25, -0.2) is 15.0 Å². The van der Waals surface area contributed by atoms with Gasteiger partial charge in [0.1, 0.15) is 34.8 Å². The number of rotatable bonds is 6. The Kier molecular flexibility index (Phi) is 5.56. The molecule has 0 fully saturated rings. The van der Waals surface area contributed by atoms with E-state index in [1.807, 2.05) is 43.3 Å². The third-order valence-electron chi connectivity index (χ3n) is 4.77. The number of anilines is 5. The van der Waals surface area contributed by atoms with E-state index in [0.29, 0.717) is 34.2 Å². The van der Waals surface area contributed by atoms with Crippen molar-refractivity contribution in [3.05, 3.63) is 84.3 Å². The fourth-order valence-electron chi connectivity index (χ4n) is 3.14. The summed E-state index contributed by atoms with van der Waals surface area (Å²) in [7, 11) is 0. The SMILES string of the molecule is Cc1ccnc(Nc2cc(Nc3ccc(NC(=O)c4ccc5nsnc5c4)cc3)ncn2)c1. The van der Waals surface area contributed by atoms with Gasteiger partial charge in [-0.3, -0.25) is 4.79 Å². The summed E-state index contributed by atoms with van der Waals surface area (Å²) >= 11 is 1.13. The molecule has 1 amide bonds. The van der Waals surface area contributed by atoms with Crippen molar-refractivity contribution in [2.75, 3.05) is 16.0 Å². The molecular weight excluding hydrogens is 436 g/mol. The van der Waals surface area contributed by atoms with Crippen LogP contribution in [0.1, 0.15) is 15.9 Å². The van der Waals surface area contributed by atoms with Crippen LogP contribution in [-0.2, 0) is 0 Å². The molecule has 0 aliphatic rings. The van der Waals surface area contributed by atoms with E-state index in [0.717, 1.165) is 28.5 Å². The molecular formula is C23H18N8OS. The first-order valence-corrected chi connectivity index (χ1v) is 10.8. The normalized spacial score (nSPS) is 10.7. The number of benzene rings is 2. The smallest absolute Gasteiger partial charge is 0.255 e. The Morgan fingerprint density at radius 2 is 1.48 bits per heavy atom. The number of aryl methyl sites for hydroxylation is 1. The summed E-state index contributed by atoms with van der Waals surface area (Å²) in [6, 6.07) is 18.3. The van der Waals surface area contributed by atoms with E-state index in [4.69, 9.17) is 0 Å². The Balaban J connectivity index is 1.24. The fourth-order valence-corrected chi connectivity index (χ4v) is 3.66. The highest BCUT2D eigenvalue weighted by Gasteiger charge is 2.09. The number of aromatic nitrogens is 5. The standard InChI is InChI=1S/C23H18N8OS/c1-14-8-9-24-20(10-14)29-22-12-21(25-13-26-22)27-16-3-5-17(6-4-16)28-23(32)15-2-7-18-19(11-15)31-33-30-18/h2-13H,1H3,(H,28,32)(H2,24,25,26,27,29). The molecule has 3 heterocycles. The highest BCUT2D eigenvalue weighted by atomic mass is 32.1. The maximum Gasteiger partial charge on any atom is 0.255 e. The van der Waals surface area contributed by atoms with Crippen LogP contribution < -0.4 is 16.0 Å². The van der Waals surface area contributed by atoms with Crippen LogP contribution in [0.2, 0.25) is 0 Å². The van der Waals surface area contributed by atoms with Gasteiger partial charge in [-0.2, -0.15) is 8.75 Å². The maximum absolute atomic E-state index is 12.6. The molecule has 5 aromatic rings. The van der Waals surface area contributed by atoms with E-state index in [-0.39, 0.29) is 5.91 Å². The average Bonchev–Trinajstić information content (AvgIpc) is 3.29. The van der Waals surface area contributed by atoms with Gasteiger partial charge < -0.3 is 16.0 Å².